The number of pyridine rings is 2. The van der Waals surface area contributed by atoms with E-state index >= 15 is 0 Å². The molecule has 0 aliphatic heterocycles. The molecule has 0 saturated heterocycles. The first-order chi connectivity index (χ1) is 18.1. The molecule has 0 amide bonds. The molecule has 188 valence electrons. The number of hydrogen-bond donors (Lipinski definition) is 1. The molecule has 5 aromatic rings. The van der Waals surface area contributed by atoms with Crippen LogP contribution in [0.25, 0.3) is 44.5 Å². The Kier molecular flexibility index (Phi) is 6.88. The Balaban J connectivity index is 1.82. The zero-order chi connectivity index (χ0) is 25.9. The van der Waals surface area contributed by atoms with Gasteiger partial charge in [-0.25, -0.2) is 9.97 Å². The fourth-order valence-corrected chi connectivity index (χ4v) is 4.94. The second kappa shape index (κ2) is 10.4. The van der Waals surface area contributed by atoms with Crippen molar-refractivity contribution in [2.24, 2.45) is 7.05 Å². The van der Waals surface area contributed by atoms with Crippen LogP contribution >= 0.6 is 0 Å². The Morgan fingerprint density at radius 1 is 0.973 bits per heavy atom. The van der Waals surface area contributed by atoms with Crippen molar-refractivity contribution in [1.82, 2.24) is 19.5 Å². The SMILES string of the molecule is CCN(CC)c1nc2ccc(-c3c(CO)ccnc3-c3cncn3C)cc2c(OC)c1-c1ccccc1. The number of methoxy groups -OCH3 is 1. The quantitative estimate of drug-likeness (QED) is 0.298. The fraction of sp³-hybridized carbons (Fsp3) is 0.233. The molecule has 0 aliphatic carbocycles. The minimum Gasteiger partial charge on any atom is -0.495 e. The number of anilines is 1. The maximum atomic E-state index is 10.2. The number of ether oxygens (including phenoxy) is 1. The van der Waals surface area contributed by atoms with Crippen LogP contribution < -0.4 is 9.64 Å². The maximum absolute atomic E-state index is 10.2. The summed E-state index contributed by atoms with van der Waals surface area (Å²) in [6.45, 7) is 5.84. The van der Waals surface area contributed by atoms with E-state index in [0.717, 1.165) is 74.8 Å². The Morgan fingerprint density at radius 3 is 2.41 bits per heavy atom. The monoisotopic (exact) mass is 493 g/mol. The maximum Gasteiger partial charge on any atom is 0.140 e. The van der Waals surface area contributed by atoms with Crippen LogP contribution in [-0.4, -0.2) is 44.8 Å². The molecule has 7 nitrogen and oxygen atoms in total. The predicted octanol–water partition coefficient (Wildman–Crippen LogP) is 5.71. The first-order valence-electron chi connectivity index (χ1n) is 12.5. The number of imidazole rings is 1. The van der Waals surface area contributed by atoms with Crippen molar-refractivity contribution in [2.75, 3.05) is 25.1 Å². The van der Waals surface area contributed by atoms with Gasteiger partial charge in [0.25, 0.3) is 0 Å². The minimum absolute atomic E-state index is 0.105. The molecule has 0 spiro atoms. The van der Waals surface area contributed by atoms with Crippen molar-refractivity contribution < 1.29 is 9.84 Å². The van der Waals surface area contributed by atoms with Gasteiger partial charge in [0.05, 0.1) is 48.7 Å². The first-order valence-corrected chi connectivity index (χ1v) is 12.5. The smallest absolute Gasteiger partial charge is 0.140 e. The van der Waals surface area contributed by atoms with E-state index in [0.29, 0.717) is 0 Å². The Hall–Kier alpha value is -4.23. The highest BCUT2D eigenvalue weighted by Crippen LogP contribution is 2.44. The summed E-state index contributed by atoms with van der Waals surface area (Å²) in [5.74, 6) is 1.68. The lowest BCUT2D eigenvalue weighted by molar-refractivity contribution is 0.282. The largest absolute Gasteiger partial charge is 0.495 e. The molecular weight excluding hydrogens is 462 g/mol. The number of aryl methyl sites for hydroxylation is 1. The molecule has 0 atom stereocenters. The van der Waals surface area contributed by atoms with Crippen LogP contribution in [0, 0.1) is 0 Å². The van der Waals surface area contributed by atoms with Gasteiger partial charge in [0.2, 0.25) is 0 Å². The van der Waals surface area contributed by atoms with Gasteiger partial charge in [-0.3, -0.25) is 4.98 Å². The minimum atomic E-state index is -0.105. The molecule has 0 fully saturated rings. The Labute approximate surface area is 217 Å². The highest BCUT2D eigenvalue weighted by atomic mass is 16.5. The summed E-state index contributed by atoms with van der Waals surface area (Å²) in [5, 5.41) is 11.1. The molecule has 0 saturated carbocycles. The van der Waals surface area contributed by atoms with Crippen LogP contribution in [0.1, 0.15) is 19.4 Å². The molecule has 0 bridgehead atoms. The number of nitrogens with zero attached hydrogens (tertiary/aromatic N) is 5. The molecule has 37 heavy (non-hydrogen) atoms. The molecule has 3 heterocycles. The van der Waals surface area contributed by atoms with E-state index in [2.05, 4.69) is 46.9 Å². The Morgan fingerprint density at radius 2 is 1.76 bits per heavy atom. The number of benzene rings is 2. The summed E-state index contributed by atoms with van der Waals surface area (Å²) in [6, 6.07) is 18.3. The summed E-state index contributed by atoms with van der Waals surface area (Å²) in [7, 11) is 3.65. The standard InChI is InChI=1S/C30H31N5O2/c1-5-35(6-2)30-27(20-10-8-7-9-11-20)29(37-4)23-16-21(12-13-24(23)33-30)26-22(18-36)14-15-32-28(26)25-17-31-19-34(25)3/h7-17,19,36H,5-6,18H2,1-4H3. The van der Waals surface area contributed by atoms with Crippen molar-refractivity contribution in [1.29, 1.82) is 0 Å². The van der Waals surface area contributed by atoms with Crippen LogP contribution in [0.2, 0.25) is 0 Å². The number of aromatic nitrogens is 4. The summed E-state index contributed by atoms with van der Waals surface area (Å²) in [6.07, 6.45) is 5.27. The third-order valence-electron chi connectivity index (χ3n) is 6.80. The third kappa shape index (κ3) is 4.32. The number of aliphatic hydroxyl groups excluding tert-OH is 1. The summed E-state index contributed by atoms with van der Waals surface area (Å²) in [4.78, 5) is 16.4. The van der Waals surface area contributed by atoms with E-state index in [9.17, 15) is 5.11 Å². The topological polar surface area (TPSA) is 76.3 Å². The van der Waals surface area contributed by atoms with Gasteiger partial charge in [-0.2, -0.15) is 0 Å². The molecule has 0 radical (unpaired) electrons. The van der Waals surface area contributed by atoms with Crippen molar-refractivity contribution in [3.05, 3.63) is 78.9 Å². The van der Waals surface area contributed by atoms with Crippen LogP contribution in [-0.2, 0) is 13.7 Å². The molecule has 2 aromatic carbocycles. The van der Waals surface area contributed by atoms with Gasteiger partial charge >= 0.3 is 0 Å². The van der Waals surface area contributed by atoms with Crippen molar-refractivity contribution in [3.8, 4) is 39.4 Å². The van der Waals surface area contributed by atoms with E-state index in [1.807, 2.05) is 48.0 Å². The average Bonchev–Trinajstić information content (AvgIpc) is 3.38. The number of aliphatic hydroxyl groups is 1. The van der Waals surface area contributed by atoms with Crippen LogP contribution in [0.3, 0.4) is 0 Å². The highest BCUT2D eigenvalue weighted by Gasteiger charge is 2.22. The van der Waals surface area contributed by atoms with E-state index in [1.165, 1.54) is 0 Å². The number of fused-ring (bicyclic) bond motifs is 1. The molecule has 7 heteroatoms. The van der Waals surface area contributed by atoms with Crippen LogP contribution in [0.4, 0.5) is 5.82 Å². The van der Waals surface area contributed by atoms with Crippen molar-refractivity contribution in [2.45, 2.75) is 20.5 Å². The van der Waals surface area contributed by atoms with Crippen LogP contribution in [0.15, 0.2) is 73.3 Å². The lowest BCUT2D eigenvalue weighted by Crippen LogP contribution is -2.24. The summed E-state index contributed by atoms with van der Waals surface area (Å²) in [5.41, 5.74) is 7.09. The lowest BCUT2D eigenvalue weighted by Gasteiger charge is -2.25. The van der Waals surface area contributed by atoms with Gasteiger partial charge in [-0.05, 0) is 48.7 Å². The van der Waals surface area contributed by atoms with Gasteiger partial charge < -0.3 is 19.3 Å². The Bertz CT molecular complexity index is 1540. The van der Waals surface area contributed by atoms with E-state index in [1.54, 1.807) is 25.8 Å². The number of hydrogen-bond acceptors (Lipinski definition) is 6. The second-order valence-corrected chi connectivity index (χ2v) is 8.86. The number of rotatable bonds is 8. The van der Waals surface area contributed by atoms with Gasteiger partial charge in [-0.15, -0.1) is 0 Å². The fourth-order valence-electron chi connectivity index (χ4n) is 4.94. The molecule has 3 aromatic heterocycles. The molecule has 1 N–H and O–H groups in total. The van der Waals surface area contributed by atoms with E-state index < -0.39 is 0 Å². The molecule has 0 aliphatic rings. The molecule has 5 rings (SSSR count). The lowest BCUT2D eigenvalue weighted by atomic mass is 9.94. The van der Waals surface area contributed by atoms with Gasteiger partial charge in [0.1, 0.15) is 11.6 Å². The summed E-state index contributed by atoms with van der Waals surface area (Å²) >= 11 is 0. The van der Waals surface area contributed by atoms with Crippen LogP contribution in [0.5, 0.6) is 5.75 Å². The molecular formula is C30H31N5O2. The predicted molar refractivity (Wildman–Crippen MR) is 149 cm³/mol. The van der Waals surface area contributed by atoms with E-state index in [4.69, 9.17) is 9.72 Å². The second-order valence-electron chi connectivity index (χ2n) is 8.86. The zero-order valence-corrected chi connectivity index (χ0v) is 21.6. The zero-order valence-electron chi connectivity index (χ0n) is 21.6. The average molecular weight is 494 g/mol. The summed E-state index contributed by atoms with van der Waals surface area (Å²) < 4.78 is 8.05. The normalized spacial score (nSPS) is 11.2. The molecule has 0 unspecified atom stereocenters. The third-order valence-corrected chi connectivity index (χ3v) is 6.80. The van der Waals surface area contributed by atoms with Crippen molar-refractivity contribution in [3.63, 3.8) is 0 Å². The highest BCUT2D eigenvalue weighted by molar-refractivity contribution is 6.00. The van der Waals surface area contributed by atoms with Gasteiger partial charge in [0, 0.05) is 37.3 Å². The van der Waals surface area contributed by atoms with E-state index in [-0.39, 0.29) is 6.61 Å². The first kappa shape index (κ1) is 24.5. The van der Waals surface area contributed by atoms with Crippen molar-refractivity contribution >= 4 is 16.7 Å². The van der Waals surface area contributed by atoms with Gasteiger partial charge in [-0.1, -0.05) is 36.4 Å². The van der Waals surface area contributed by atoms with Gasteiger partial charge in [0.15, 0.2) is 0 Å².